The lowest BCUT2D eigenvalue weighted by Crippen LogP contribution is -2.04. The van der Waals surface area contributed by atoms with E-state index in [1.807, 2.05) is 54.7 Å². The van der Waals surface area contributed by atoms with E-state index >= 15 is 0 Å². The van der Waals surface area contributed by atoms with Crippen LogP contribution in [0.25, 0.3) is 22.2 Å². The molecule has 1 aliphatic carbocycles. The standard InChI is InChI=1S/C24H21ClN4O/c25-20-11-4-3-10-18(20)15-6-5-7-16(12-15)22(30)19-13-29(17-8-1-2-9-17)24-21(19)23(26)27-14-28-24/h3-7,10-14,17H,1-2,8-9H2,(H2,26,27,28). The van der Waals surface area contributed by atoms with E-state index in [9.17, 15) is 4.79 Å². The van der Waals surface area contributed by atoms with Crippen LogP contribution < -0.4 is 5.73 Å². The molecule has 2 N–H and O–H groups in total. The first-order chi connectivity index (χ1) is 14.6. The molecule has 0 bridgehead atoms. The molecule has 5 rings (SSSR count). The molecule has 0 saturated heterocycles. The highest BCUT2D eigenvalue weighted by Crippen LogP contribution is 2.36. The van der Waals surface area contributed by atoms with Gasteiger partial charge in [0.25, 0.3) is 0 Å². The van der Waals surface area contributed by atoms with E-state index in [4.69, 9.17) is 17.3 Å². The molecule has 0 unspecified atom stereocenters. The van der Waals surface area contributed by atoms with E-state index in [1.54, 1.807) is 0 Å². The van der Waals surface area contributed by atoms with Gasteiger partial charge in [-0.25, -0.2) is 9.97 Å². The molecule has 1 aliphatic rings. The first-order valence-corrected chi connectivity index (χ1v) is 10.5. The molecule has 2 heterocycles. The quantitative estimate of drug-likeness (QED) is 0.434. The second-order valence-electron chi connectivity index (χ2n) is 7.74. The van der Waals surface area contributed by atoms with Crippen LogP contribution in [0.2, 0.25) is 5.02 Å². The predicted molar refractivity (Wildman–Crippen MR) is 120 cm³/mol. The highest BCUT2D eigenvalue weighted by molar-refractivity contribution is 6.33. The summed E-state index contributed by atoms with van der Waals surface area (Å²) in [6, 6.07) is 15.5. The summed E-state index contributed by atoms with van der Waals surface area (Å²) >= 11 is 6.36. The molecule has 0 radical (unpaired) electrons. The van der Waals surface area contributed by atoms with Crippen LogP contribution in [-0.4, -0.2) is 20.3 Å². The summed E-state index contributed by atoms with van der Waals surface area (Å²) in [6.07, 6.45) is 7.93. The van der Waals surface area contributed by atoms with Crippen LogP contribution in [0.1, 0.15) is 47.6 Å². The topological polar surface area (TPSA) is 73.8 Å². The van der Waals surface area contributed by atoms with Gasteiger partial charge in [-0.15, -0.1) is 0 Å². The van der Waals surface area contributed by atoms with Crippen molar-refractivity contribution in [2.75, 3.05) is 5.73 Å². The average Bonchev–Trinajstić information content (AvgIpc) is 3.42. The molecule has 0 amide bonds. The normalized spacial score (nSPS) is 14.4. The highest BCUT2D eigenvalue weighted by Gasteiger charge is 2.25. The molecule has 0 aliphatic heterocycles. The number of aromatic nitrogens is 3. The number of anilines is 1. The maximum Gasteiger partial charge on any atom is 0.195 e. The Labute approximate surface area is 179 Å². The van der Waals surface area contributed by atoms with Crippen molar-refractivity contribution in [1.82, 2.24) is 14.5 Å². The number of nitrogen functional groups attached to an aromatic ring is 1. The monoisotopic (exact) mass is 416 g/mol. The fraction of sp³-hybridized carbons (Fsp3) is 0.208. The fourth-order valence-electron chi connectivity index (χ4n) is 4.42. The second-order valence-corrected chi connectivity index (χ2v) is 8.14. The molecule has 5 nitrogen and oxygen atoms in total. The number of rotatable bonds is 4. The zero-order valence-electron chi connectivity index (χ0n) is 16.4. The summed E-state index contributed by atoms with van der Waals surface area (Å²) in [4.78, 5) is 22.2. The van der Waals surface area contributed by atoms with Gasteiger partial charge in [-0.2, -0.15) is 0 Å². The Bertz CT molecular complexity index is 1260. The Balaban J connectivity index is 1.62. The van der Waals surface area contributed by atoms with Crippen molar-refractivity contribution >= 4 is 34.2 Å². The minimum absolute atomic E-state index is 0.0906. The number of fused-ring (bicyclic) bond motifs is 1. The van der Waals surface area contributed by atoms with Gasteiger partial charge in [-0.1, -0.05) is 60.8 Å². The molecule has 1 saturated carbocycles. The minimum Gasteiger partial charge on any atom is -0.383 e. The van der Waals surface area contributed by atoms with Gasteiger partial charge in [0, 0.05) is 28.4 Å². The summed E-state index contributed by atoms with van der Waals surface area (Å²) in [5, 5.41) is 1.29. The number of nitrogens with zero attached hydrogens (tertiary/aromatic N) is 3. The maximum absolute atomic E-state index is 13.6. The number of nitrogens with two attached hydrogens (primary N) is 1. The summed E-state index contributed by atoms with van der Waals surface area (Å²) in [6.45, 7) is 0. The lowest BCUT2D eigenvalue weighted by Gasteiger charge is -2.12. The molecule has 30 heavy (non-hydrogen) atoms. The van der Waals surface area contributed by atoms with Crippen LogP contribution in [0.4, 0.5) is 5.82 Å². The number of ketones is 1. The summed E-state index contributed by atoms with van der Waals surface area (Å²) in [7, 11) is 0. The van der Waals surface area contributed by atoms with Gasteiger partial charge in [0.15, 0.2) is 5.78 Å². The van der Waals surface area contributed by atoms with Crippen molar-refractivity contribution in [2.45, 2.75) is 31.7 Å². The third-order valence-electron chi connectivity index (χ3n) is 5.91. The summed E-state index contributed by atoms with van der Waals surface area (Å²) in [5.74, 6) is 0.245. The number of carbonyl (C=O) groups is 1. The van der Waals surface area contributed by atoms with Crippen LogP contribution in [0.3, 0.4) is 0 Å². The Morgan fingerprint density at radius 3 is 2.67 bits per heavy atom. The Hall–Kier alpha value is -3.18. The Morgan fingerprint density at radius 1 is 1.07 bits per heavy atom. The Kier molecular flexibility index (Phi) is 4.75. The van der Waals surface area contributed by atoms with E-state index in [1.165, 1.54) is 19.2 Å². The first kappa shape index (κ1) is 18.8. The van der Waals surface area contributed by atoms with E-state index in [-0.39, 0.29) is 5.78 Å². The molecule has 4 aromatic rings. The number of hydrogen-bond donors (Lipinski definition) is 1. The molecule has 1 fully saturated rings. The fourth-order valence-corrected chi connectivity index (χ4v) is 4.66. The molecule has 2 aromatic heterocycles. The van der Waals surface area contributed by atoms with Crippen molar-refractivity contribution in [1.29, 1.82) is 0 Å². The molecule has 150 valence electrons. The smallest absolute Gasteiger partial charge is 0.195 e. The second kappa shape index (κ2) is 7.58. The minimum atomic E-state index is -0.0906. The van der Waals surface area contributed by atoms with Crippen molar-refractivity contribution in [3.8, 4) is 11.1 Å². The van der Waals surface area contributed by atoms with Crippen molar-refractivity contribution in [2.24, 2.45) is 0 Å². The Morgan fingerprint density at radius 2 is 1.87 bits per heavy atom. The van der Waals surface area contributed by atoms with Gasteiger partial charge in [0.05, 0.1) is 10.9 Å². The van der Waals surface area contributed by atoms with Crippen LogP contribution in [-0.2, 0) is 0 Å². The largest absolute Gasteiger partial charge is 0.383 e. The van der Waals surface area contributed by atoms with E-state index in [0.717, 1.165) is 29.6 Å². The van der Waals surface area contributed by atoms with Gasteiger partial charge in [0.1, 0.15) is 17.8 Å². The number of carbonyl (C=O) groups excluding carboxylic acids is 1. The third-order valence-corrected chi connectivity index (χ3v) is 6.24. The van der Waals surface area contributed by atoms with Crippen LogP contribution in [0.15, 0.2) is 61.1 Å². The van der Waals surface area contributed by atoms with Gasteiger partial charge in [0.2, 0.25) is 0 Å². The van der Waals surface area contributed by atoms with E-state index < -0.39 is 0 Å². The highest BCUT2D eigenvalue weighted by atomic mass is 35.5. The van der Waals surface area contributed by atoms with Crippen LogP contribution in [0.5, 0.6) is 0 Å². The first-order valence-electron chi connectivity index (χ1n) is 10.1. The zero-order chi connectivity index (χ0) is 20.7. The van der Waals surface area contributed by atoms with Gasteiger partial charge < -0.3 is 10.3 Å². The lowest BCUT2D eigenvalue weighted by molar-refractivity contribution is 0.104. The zero-order valence-corrected chi connectivity index (χ0v) is 17.1. The lowest BCUT2D eigenvalue weighted by atomic mass is 9.98. The molecular formula is C24H21ClN4O. The SMILES string of the molecule is Nc1ncnc2c1c(C(=O)c1cccc(-c3ccccc3Cl)c1)cn2C1CCCC1. The van der Waals surface area contributed by atoms with Gasteiger partial charge in [-0.05, 0) is 30.5 Å². The van der Waals surface area contributed by atoms with Crippen molar-refractivity contribution in [3.05, 3.63) is 77.2 Å². The number of benzene rings is 2. The van der Waals surface area contributed by atoms with E-state index in [0.29, 0.717) is 33.4 Å². The summed E-state index contributed by atoms with van der Waals surface area (Å²) < 4.78 is 2.12. The number of halogens is 1. The predicted octanol–water partition coefficient (Wildman–Crippen LogP) is 5.68. The van der Waals surface area contributed by atoms with E-state index in [2.05, 4.69) is 14.5 Å². The molecule has 0 atom stereocenters. The van der Waals surface area contributed by atoms with Crippen LogP contribution >= 0.6 is 11.6 Å². The van der Waals surface area contributed by atoms with Gasteiger partial charge >= 0.3 is 0 Å². The maximum atomic E-state index is 13.6. The summed E-state index contributed by atoms with van der Waals surface area (Å²) in [5.41, 5.74) is 9.85. The van der Waals surface area contributed by atoms with Crippen LogP contribution in [0, 0.1) is 0 Å². The van der Waals surface area contributed by atoms with Gasteiger partial charge in [-0.3, -0.25) is 4.79 Å². The molecular weight excluding hydrogens is 396 g/mol. The molecule has 6 heteroatoms. The molecule has 0 spiro atoms. The van der Waals surface area contributed by atoms with Crippen molar-refractivity contribution in [3.63, 3.8) is 0 Å². The average molecular weight is 417 g/mol. The van der Waals surface area contributed by atoms with Crippen molar-refractivity contribution < 1.29 is 4.79 Å². The third kappa shape index (κ3) is 3.15. The number of hydrogen-bond acceptors (Lipinski definition) is 4. The molecule has 2 aromatic carbocycles.